The first-order chi connectivity index (χ1) is 12.5. The third-order valence-electron chi connectivity index (χ3n) is 4.05. The van der Waals surface area contributed by atoms with Crippen LogP contribution in [-0.4, -0.2) is 35.3 Å². The molecule has 0 spiro atoms. The summed E-state index contributed by atoms with van der Waals surface area (Å²) in [5.41, 5.74) is 0.915. The summed E-state index contributed by atoms with van der Waals surface area (Å²) in [7, 11) is 2.97. The SMILES string of the molecule is COc1cc(C(=O)O)nc(-c2csc(CCCCCC(C)C)n2)c1OC. The summed E-state index contributed by atoms with van der Waals surface area (Å²) >= 11 is 1.56. The van der Waals surface area contributed by atoms with E-state index < -0.39 is 5.97 Å². The molecule has 6 nitrogen and oxygen atoms in total. The van der Waals surface area contributed by atoms with Gasteiger partial charge < -0.3 is 14.6 Å². The number of nitrogens with zero attached hydrogens (tertiary/aromatic N) is 2. The van der Waals surface area contributed by atoms with E-state index in [1.165, 1.54) is 39.5 Å². The number of carboxylic acid groups (broad SMARTS) is 1. The summed E-state index contributed by atoms with van der Waals surface area (Å²) in [6.45, 7) is 4.49. The lowest BCUT2D eigenvalue weighted by Crippen LogP contribution is -2.05. The Morgan fingerprint density at radius 1 is 1.19 bits per heavy atom. The van der Waals surface area contributed by atoms with Gasteiger partial charge in [0.15, 0.2) is 17.2 Å². The first-order valence-electron chi connectivity index (χ1n) is 8.77. The molecule has 1 N–H and O–H groups in total. The molecule has 0 aliphatic heterocycles. The van der Waals surface area contributed by atoms with Gasteiger partial charge in [0.25, 0.3) is 0 Å². The maximum atomic E-state index is 11.3. The van der Waals surface area contributed by atoms with Gasteiger partial charge in [-0.05, 0) is 18.8 Å². The summed E-state index contributed by atoms with van der Waals surface area (Å²) in [5, 5.41) is 12.2. The molecule has 7 heteroatoms. The number of aromatic carboxylic acids is 1. The molecule has 2 rings (SSSR count). The van der Waals surface area contributed by atoms with Crippen LogP contribution in [-0.2, 0) is 6.42 Å². The molecule has 0 aliphatic rings. The van der Waals surface area contributed by atoms with Gasteiger partial charge in [0.1, 0.15) is 11.4 Å². The number of hydrogen-bond acceptors (Lipinski definition) is 6. The highest BCUT2D eigenvalue weighted by atomic mass is 32.1. The third kappa shape index (κ3) is 5.17. The minimum atomic E-state index is -1.12. The van der Waals surface area contributed by atoms with Crippen LogP contribution in [0.3, 0.4) is 0 Å². The quantitative estimate of drug-likeness (QED) is 0.605. The van der Waals surface area contributed by atoms with Crippen LogP contribution >= 0.6 is 11.3 Å². The number of carboxylic acids is 1. The minimum Gasteiger partial charge on any atom is -0.493 e. The molecule has 2 aromatic rings. The van der Waals surface area contributed by atoms with Crippen molar-refractivity contribution in [1.29, 1.82) is 0 Å². The number of aromatic nitrogens is 2. The zero-order chi connectivity index (χ0) is 19.1. The van der Waals surface area contributed by atoms with Gasteiger partial charge in [-0.25, -0.2) is 14.8 Å². The number of hydrogen-bond donors (Lipinski definition) is 1. The highest BCUT2D eigenvalue weighted by molar-refractivity contribution is 7.09. The Morgan fingerprint density at radius 2 is 1.96 bits per heavy atom. The van der Waals surface area contributed by atoms with Crippen molar-refractivity contribution in [3.05, 3.63) is 22.1 Å². The van der Waals surface area contributed by atoms with Crippen LogP contribution in [0.25, 0.3) is 11.4 Å². The first kappa shape index (κ1) is 20.2. The van der Waals surface area contributed by atoms with E-state index in [9.17, 15) is 9.90 Å². The number of pyridine rings is 1. The second-order valence-corrected chi connectivity index (χ2v) is 7.46. The fourth-order valence-corrected chi connectivity index (χ4v) is 3.51. The lowest BCUT2D eigenvalue weighted by atomic mass is 10.0. The van der Waals surface area contributed by atoms with Gasteiger partial charge in [-0.1, -0.05) is 33.1 Å². The molecular weight excluding hydrogens is 352 g/mol. The molecule has 0 fully saturated rings. The normalized spacial score (nSPS) is 11.0. The highest BCUT2D eigenvalue weighted by Gasteiger charge is 2.20. The Morgan fingerprint density at radius 3 is 2.58 bits per heavy atom. The van der Waals surface area contributed by atoms with Crippen LogP contribution in [0, 0.1) is 5.92 Å². The predicted octanol–water partition coefficient (Wildman–Crippen LogP) is 4.68. The van der Waals surface area contributed by atoms with Crippen molar-refractivity contribution in [2.24, 2.45) is 5.92 Å². The molecule has 26 heavy (non-hydrogen) atoms. The Bertz CT molecular complexity index is 743. The summed E-state index contributed by atoms with van der Waals surface area (Å²) < 4.78 is 10.6. The minimum absolute atomic E-state index is 0.0964. The molecule has 0 saturated carbocycles. The molecule has 142 valence electrons. The van der Waals surface area contributed by atoms with Crippen molar-refractivity contribution < 1.29 is 19.4 Å². The average Bonchev–Trinajstić information content (AvgIpc) is 3.08. The topological polar surface area (TPSA) is 81.5 Å². The Kier molecular flexibility index (Phi) is 7.38. The van der Waals surface area contributed by atoms with Crippen LogP contribution in [0.15, 0.2) is 11.4 Å². The maximum absolute atomic E-state index is 11.3. The van der Waals surface area contributed by atoms with Crippen molar-refractivity contribution in [2.45, 2.75) is 46.0 Å². The van der Waals surface area contributed by atoms with E-state index in [2.05, 4.69) is 23.8 Å². The molecule has 0 unspecified atom stereocenters. The van der Waals surface area contributed by atoms with Crippen LogP contribution in [0.2, 0.25) is 0 Å². The Labute approximate surface area is 158 Å². The number of rotatable bonds is 10. The molecular formula is C19H26N2O4S. The van der Waals surface area contributed by atoms with Crippen molar-refractivity contribution in [2.75, 3.05) is 14.2 Å². The second-order valence-electron chi connectivity index (χ2n) is 6.52. The van der Waals surface area contributed by atoms with E-state index in [0.717, 1.165) is 23.8 Å². The van der Waals surface area contributed by atoms with Gasteiger partial charge in [0.05, 0.1) is 19.2 Å². The average molecular weight is 378 g/mol. The number of unbranched alkanes of at least 4 members (excludes halogenated alkanes) is 2. The van der Waals surface area contributed by atoms with Crippen LogP contribution in [0.1, 0.15) is 55.0 Å². The van der Waals surface area contributed by atoms with E-state index in [1.807, 2.05) is 5.38 Å². The number of thiazole rings is 1. The van der Waals surface area contributed by atoms with Gasteiger partial charge in [0.2, 0.25) is 0 Å². The lowest BCUT2D eigenvalue weighted by Gasteiger charge is -2.11. The zero-order valence-corrected chi connectivity index (χ0v) is 16.6. The standard InChI is InChI=1S/C19H26N2O4S/c1-12(2)8-6-5-7-9-16-20-14(11-26-16)17-18(25-4)15(24-3)10-13(21-17)19(22)23/h10-12H,5-9H2,1-4H3,(H,22,23). The fourth-order valence-electron chi connectivity index (χ4n) is 2.68. The predicted molar refractivity (Wildman–Crippen MR) is 102 cm³/mol. The zero-order valence-electron chi connectivity index (χ0n) is 15.7. The third-order valence-corrected chi connectivity index (χ3v) is 4.96. The van der Waals surface area contributed by atoms with Gasteiger partial charge in [-0.3, -0.25) is 0 Å². The molecule has 2 heterocycles. The highest BCUT2D eigenvalue weighted by Crippen LogP contribution is 2.37. The largest absolute Gasteiger partial charge is 0.493 e. The van der Waals surface area contributed by atoms with Crippen molar-refractivity contribution in [3.8, 4) is 22.9 Å². The van der Waals surface area contributed by atoms with Crippen molar-refractivity contribution in [1.82, 2.24) is 9.97 Å². The summed E-state index contributed by atoms with van der Waals surface area (Å²) in [6, 6.07) is 1.35. The van der Waals surface area contributed by atoms with Gasteiger partial charge in [-0.15, -0.1) is 11.3 Å². The van der Waals surface area contributed by atoms with E-state index in [0.29, 0.717) is 22.9 Å². The number of ether oxygens (including phenoxy) is 2. The van der Waals surface area contributed by atoms with E-state index in [-0.39, 0.29) is 5.69 Å². The van der Waals surface area contributed by atoms with Gasteiger partial charge in [0, 0.05) is 11.4 Å². The molecule has 0 amide bonds. The molecule has 0 aromatic carbocycles. The molecule has 0 radical (unpaired) electrons. The summed E-state index contributed by atoms with van der Waals surface area (Å²) in [5.74, 6) is 0.355. The van der Waals surface area contributed by atoms with Gasteiger partial charge >= 0.3 is 5.97 Å². The van der Waals surface area contributed by atoms with Gasteiger partial charge in [-0.2, -0.15) is 0 Å². The monoisotopic (exact) mass is 378 g/mol. The van der Waals surface area contributed by atoms with E-state index >= 15 is 0 Å². The molecule has 0 atom stereocenters. The maximum Gasteiger partial charge on any atom is 0.354 e. The lowest BCUT2D eigenvalue weighted by molar-refractivity contribution is 0.0690. The van der Waals surface area contributed by atoms with Crippen molar-refractivity contribution in [3.63, 3.8) is 0 Å². The smallest absolute Gasteiger partial charge is 0.354 e. The number of carbonyl (C=O) groups is 1. The van der Waals surface area contributed by atoms with E-state index in [4.69, 9.17) is 9.47 Å². The van der Waals surface area contributed by atoms with Crippen LogP contribution < -0.4 is 9.47 Å². The van der Waals surface area contributed by atoms with Crippen molar-refractivity contribution >= 4 is 17.3 Å². The summed E-state index contributed by atoms with van der Waals surface area (Å²) in [4.78, 5) is 20.2. The molecule has 2 aromatic heterocycles. The molecule has 0 bridgehead atoms. The van der Waals surface area contributed by atoms with Crippen LogP contribution in [0.4, 0.5) is 0 Å². The second kappa shape index (κ2) is 9.52. The fraction of sp³-hybridized carbons (Fsp3) is 0.526. The Hall–Kier alpha value is -2.15. The Balaban J connectivity index is 2.17. The molecule has 0 aliphatic carbocycles. The number of methoxy groups -OCH3 is 2. The number of aryl methyl sites for hydroxylation is 1. The summed E-state index contributed by atoms with van der Waals surface area (Å²) in [6.07, 6.45) is 5.70. The van der Waals surface area contributed by atoms with Crippen LogP contribution in [0.5, 0.6) is 11.5 Å². The van der Waals surface area contributed by atoms with E-state index in [1.54, 1.807) is 11.3 Å². The molecule has 0 saturated heterocycles. The first-order valence-corrected chi connectivity index (χ1v) is 9.65.